The van der Waals surface area contributed by atoms with Crippen molar-refractivity contribution in [1.82, 2.24) is 9.97 Å². The van der Waals surface area contributed by atoms with Gasteiger partial charge in [0.05, 0.1) is 36.7 Å². The third-order valence-corrected chi connectivity index (χ3v) is 4.16. The summed E-state index contributed by atoms with van der Waals surface area (Å²) in [4.78, 5) is 8.61. The SMILES string of the molecule is Cc1cc(Oc2cc(C#N)ccc2-c2ccc(O)cn2)cc(OC2COC2)n1. The highest BCUT2D eigenvalue weighted by atomic mass is 16.6. The van der Waals surface area contributed by atoms with Crippen molar-refractivity contribution < 1.29 is 19.3 Å². The summed E-state index contributed by atoms with van der Waals surface area (Å²) in [6.07, 6.45) is 1.36. The second-order valence-corrected chi connectivity index (χ2v) is 6.39. The van der Waals surface area contributed by atoms with E-state index in [1.807, 2.05) is 6.92 Å². The van der Waals surface area contributed by atoms with Crippen LogP contribution in [-0.2, 0) is 4.74 Å². The Labute approximate surface area is 161 Å². The van der Waals surface area contributed by atoms with Gasteiger partial charge < -0.3 is 19.3 Å². The number of hydrogen-bond acceptors (Lipinski definition) is 7. The Morgan fingerprint density at radius 1 is 1.18 bits per heavy atom. The molecule has 0 bridgehead atoms. The number of aryl methyl sites for hydroxylation is 1. The lowest BCUT2D eigenvalue weighted by Gasteiger charge is -2.26. The number of benzene rings is 1. The number of nitriles is 1. The number of aromatic nitrogens is 2. The molecule has 1 aliphatic heterocycles. The number of rotatable bonds is 5. The van der Waals surface area contributed by atoms with Crippen molar-refractivity contribution in [3.05, 3.63) is 59.9 Å². The lowest BCUT2D eigenvalue weighted by atomic mass is 10.1. The van der Waals surface area contributed by atoms with Crippen LogP contribution in [0.1, 0.15) is 11.3 Å². The summed E-state index contributed by atoms with van der Waals surface area (Å²) in [6.45, 7) is 2.95. The molecule has 0 saturated carbocycles. The maximum atomic E-state index is 9.48. The van der Waals surface area contributed by atoms with E-state index in [4.69, 9.17) is 14.2 Å². The quantitative estimate of drug-likeness (QED) is 0.727. The first-order valence-corrected chi connectivity index (χ1v) is 8.71. The standard InChI is InChI=1S/C21H17N3O4/c1-13-6-16(8-21(24-13)28-17-11-26-12-17)27-20-7-14(9-22)2-4-18(20)19-5-3-15(25)10-23-19/h2-8,10,17,25H,11-12H2,1H3. The molecule has 7 nitrogen and oxygen atoms in total. The lowest BCUT2D eigenvalue weighted by Crippen LogP contribution is -2.38. The Morgan fingerprint density at radius 2 is 2.04 bits per heavy atom. The normalized spacial score (nSPS) is 13.4. The van der Waals surface area contributed by atoms with Crippen LogP contribution >= 0.6 is 0 Å². The molecule has 1 aromatic carbocycles. The molecule has 7 heteroatoms. The van der Waals surface area contributed by atoms with E-state index in [1.165, 1.54) is 6.20 Å². The van der Waals surface area contributed by atoms with Crippen molar-refractivity contribution in [2.45, 2.75) is 13.0 Å². The van der Waals surface area contributed by atoms with E-state index in [0.29, 0.717) is 47.4 Å². The van der Waals surface area contributed by atoms with Gasteiger partial charge >= 0.3 is 0 Å². The van der Waals surface area contributed by atoms with Gasteiger partial charge in [0, 0.05) is 23.4 Å². The van der Waals surface area contributed by atoms with Crippen LogP contribution in [0.3, 0.4) is 0 Å². The van der Waals surface area contributed by atoms with Gasteiger partial charge in [-0.1, -0.05) is 0 Å². The molecule has 0 aliphatic carbocycles. The van der Waals surface area contributed by atoms with E-state index in [-0.39, 0.29) is 11.9 Å². The van der Waals surface area contributed by atoms with Crippen LogP contribution in [0.2, 0.25) is 0 Å². The van der Waals surface area contributed by atoms with Crippen LogP contribution in [0.4, 0.5) is 0 Å². The zero-order valence-electron chi connectivity index (χ0n) is 15.1. The van der Waals surface area contributed by atoms with Gasteiger partial charge in [0.2, 0.25) is 5.88 Å². The van der Waals surface area contributed by atoms with Gasteiger partial charge in [-0.3, -0.25) is 4.98 Å². The predicted molar refractivity (Wildman–Crippen MR) is 100 cm³/mol. The summed E-state index contributed by atoms with van der Waals surface area (Å²) in [5, 5.41) is 18.7. The molecule has 0 amide bonds. The summed E-state index contributed by atoms with van der Waals surface area (Å²) in [5.41, 5.74) is 2.52. The van der Waals surface area contributed by atoms with Crippen molar-refractivity contribution in [3.8, 4) is 40.5 Å². The van der Waals surface area contributed by atoms with Crippen molar-refractivity contribution in [1.29, 1.82) is 5.26 Å². The molecule has 1 saturated heterocycles. The molecular weight excluding hydrogens is 358 g/mol. The third kappa shape index (κ3) is 3.87. The van der Waals surface area contributed by atoms with E-state index in [2.05, 4.69) is 16.0 Å². The summed E-state index contributed by atoms with van der Waals surface area (Å²) >= 11 is 0. The molecule has 3 aromatic rings. The van der Waals surface area contributed by atoms with Gasteiger partial charge in [-0.2, -0.15) is 5.26 Å². The maximum absolute atomic E-state index is 9.48. The van der Waals surface area contributed by atoms with Gasteiger partial charge in [-0.15, -0.1) is 0 Å². The second kappa shape index (κ2) is 7.55. The van der Waals surface area contributed by atoms with Gasteiger partial charge in [-0.25, -0.2) is 4.98 Å². The second-order valence-electron chi connectivity index (χ2n) is 6.39. The van der Waals surface area contributed by atoms with E-state index < -0.39 is 0 Å². The molecule has 3 heterocycles. The van der Waals surface area contributed by atoms with Crippen LogP contribution in [-0.4, -0.2) is 34.4 Å². The fourth-order valence-electron chi connectivity index (χ4n) is 2.74. The predicted octanol–water partition coefficient (Wildman–Crippen LogP) is 3.60. The van der Waals surface area contributed by atoms with Gasteiger partial charge in [0.1, 0.15) is 23.4 Å². The summed E-state index contributed by atoms with van der Waals surface area (Å²) < 4.78 is 17.0. The van der Waals surface area contributed by atoms with Gasteiger partial charge in [-0.05, 0) is 37.3 Å². The largest absolute Gasteiger partial charge is 0.506 e. The minimum absolute atomic E-state index is 0.000763. The summed E-state index contributed by atoms with van der Waals surface area (Å²) in [7, 11) is 0. The average Bonchev–Trinajstić information content (AvgIpc) is 2.65. The Bertz CT molecular complexity index is 1040. The van der Waals surface area contributed by atoms with Crippen molar-refractivity contribution in [2.24, 2.45) is 0 Å². The first-order valence-electron chi connectivity index (χ1n) is 8.71. The Hall–Kier alpha value is -3.63. The molecular formula is C21H17N3O4. The fourth-order valence-corrected chi connectivity index (χ4v) is 2.74. The minimum atomic E-state index is 0.000763. The molecule has 0 unspecified atom stereocenters. The number of nitrogens with zero attached hydrogens (tertiary/aromatic N) is 3. The highest BCUT2D eigenvalue weighted by molar-refractivity contribution is 5.69. The molecule has 0 atom stereocenters. The molecule has 1 fully saturated rings. The first-order chi connectivity index (χ1) is 13.6. The third-order valence-electron chi connectivity index (χ3n) is 4.16. The number of aromatic hydroxyl groups is 1. The van der Waals surface area contributed by atoms with Crippen molar-refractivity contribution in [3.63, 3.8) is 0 Å². The van der Waals surface area contributed by atoms with Crippen molar-refractivity contribution >= 4 is 0 Å². The molecule has 2 aromatic heterocycles. The van der Waals surface area contributed by atoms with Crippen LogP contribution in [0.25, 0.3) is 11.3 Å². The smallest absolute Gasteiger partial charge is 0.217 e. The molecule has 140 valence electrons. The zero-order valence-corrected chi connectivity index (χ0v) is 15.1. The summed E-state index contributed by atoms with van der Waals surface area (Å²) in [5.74, 6) is 1.55. The van der Waals surface area contributed by atoms with Crippen molar-refractivity contribution in [2.75, 3.05) is 13.2 Å². The topological polar surface area (TPSA) is 97.5 Å². The highest BCUT2D eigenvalue weighted by Gasteiger charge is 2.21. The Kier molecular flexibility index (Phi) is 4.79. The van der Waals surface area contributed by atoms with Crippen LogP contribution < -0.4 is 9.47 Å². The Balaban J connectivity index is 1.68. The molecule has 1 N–H and O–H groups in total. The molecule has 4 rings (SSSR count). The van der Waals surface area contributed by atoms with E-state index >= 15 is 0 Å². The zero-order chi connectivity index (χ0) is 19.5. The highest BCUT2D eigenvalue weighted by Crippen LogP contribution is 2.35. The Morgan fingerprint density at radius 3 is 2.71 bits per heavy atom. The van der Waals surface area contributed by atoms with Crippen LogP contribution in [0.15, 0.2) is 48.7 Å². The fraction of sp³-hybridized carbons (Fsp3) is 0.190. The molecule has 0 spiro atoms. The number of pyridine rings is 2. The molecule has 28 heavy (non-hydrogen) atoms. The van der Waals surface area contributed by atoms with E-state index in [9.17, 15) is 10.4 Å². The summed E-state index contributed by atoms with van der Waals surface area (Å²) in [6, 6.07) is 14.0. The van der Waals surface area contributed by atoms with Crippen LogP contribution in [0, 0.1) is 18.3 Å². The molecule has 1 aliphatic rings. The lowest BCUT2D eigenvalue weighted by molar-refractivity contribution is -0.0814. The number of hydrogen-bond donors (Lipinski definition) is 1. The van der Waals surface area contributed by atoms with Crippen LogP contribution in [0.5, 0.6) is 23.1 Å². The first kappa shape index (κ1) is 17.8. The van der Waals surface area contributed by atoms with Gasteiger partial charge in [0.25, 0.3) is 0 Å². The monoisotopic (exact) mass is 375 g/mol. The minimum Gasteiger partial charge on any atom is -0.506 e. The average molecular weight is 375 g/mol. The maximum Gasteiger partial charge on any atom is 0.217 e. The van der Waals surface area contributed by atoms with E-state index in [0.717, 1.165) is 5.69 Å². The van der Waals surface area contributed by atoms with Gasteiger partial charge in [0.15, 0.2) is 0 Å². The van der Waals surface area contributed by atoms with E-state index in [1.54, 1.807) is 42.5 Å². The number of ether oxygens (including phenoxy) is 3. The molecule has 0 radical (unpaired) electrons.